The van der Waals surface area contributed by atoms with E-state index < -0.39 is 15.3 Å². The summed E-state index contributed by atoms with van der Waals surface area (Å²) in [6.07, 6.45) is 0. The van der Waals surface area contributed by atoms with Crippen LogP contribution in [0.1, 0.15) is 9.67 Å². The predicted octanol–water partition coefficient (Wildman–Crippen LogP) is 2.93. The smallest absolute Gasteiger partial charge is 0.264 e. The van der Waals surface area contributed by atoms with Crippen molar-refractivity contribution in [3.05, 3.63) is 46.7 Å². The molecular formula is C11H8ClNO3S2. The second-order valence-corrected chi connectivity index (χ2v) is 6.30. The maximum Gasteiger partial charge on any atom is 0.264 e. The van der Waals surface area contributed by atoms with Crippen LogP contribution >= 0.6 is 22.9 Å². The summed E-state index contributed by atoms with van der Waals surface area (Å²) < 4.78 is 26.4. The number of sulfonamides is 1. The Kier molecular flexibility index (Phi) is 3.70. The van der Waals surface area contributed by atoms with Crippen LogP contribution in [-0.2, 0) is 10.0 Å². The van der Waals surface area contributed by atoms with Crippen molar-refractivity contribution in [1.29, 1.82) is 0 Å². The lowest BCUT2D eigenvalue weighted by Crippen LogP contribution is -2.13. The van der Waals surface area contributed by atoms with Crippen molar-refractivity contribution < 1.29 is 13.2 Å². The van der Waals surface area contributed by atoms with Gasteiger partial charge in [-0.2, -0.15) is 0 Å². The zero-order valence-corrected chi connectivity index (χ0v) is 11.3. The molecule has 0 radical (unpaired) electrons. The maximum atomic E-state index is 12.0. The topological polar surface area (TPSA) is 63.2 Å². The van der Waals surface area contributed by atoms with E-state index in [2.05, 4.69) is 4.72 Å². The van der Waals surface area contributed by atoms with Crippen LogP contribution in [0.4, 0.5) is 5.69 Å². The Labute approximate surface area is 113 Å². The molecule has 2 rings (SSSR count). The van der Waals surface area contributed by atoms with E-state index in [4.69, 9.17) is 11.6 Å². The van der Waals surface area contributed by atoms with Crippen molar-refractivity contribution in [2.24, 2.45) is 0 Å². The first kappa shape index (κ1) is 13.1. The molecule has 0 atom stereocenters. The zero-order chi connectivity index (χ0) is 13.2. The molecule has 94 valence electrons. The van der Waals surface area contributed by atoms with Crippen LogP contribution in [0.2, 0.25) is 0 Å². The van der Waals surface area contributed by atoms with Gasteiger partial charge in [0.25, 0.3) is 15.3 Å². The number of rotatable bonds is 4. The van der Waals surface area contributed by atoms with Gasteiger partial charge in [-0.25, -0.2) is 8.42 Å². The fraction of sp³-hybridized carbons (Fsp3) is 0. The molecule has 0 aliphatic heterocycles. The van der Waals surface area contributed by atoms with E-state index in [1.165, 1.54) is 18.2 Å². The number of hydrogen-bond donors (Lipinski definition) is 1. The minimum atomic E-state index is -3.69. The Balaban J connectivity index is 2.34. The summed E-state index contributed by atoms with van der Waals surface area (Å²) >= 11 is 6.45. The summed E-state index contributed by atoms with van der Waals surface area (Å²) in [5.41, 5.74) is 0.198. The lowest BCUT2D eigenvalue weighted by Gasteiger charge is -2.07. The first-order valence-electron chi connectivity index (χ1n) is 4.86. The number of carbonyl (C=O) groups is 1. The van der Waals surface area contributed by atoms with Gasteiger partial charge in [0.1, 0.15) is 4.88 Å². The fourth-order valence-corrected chi connectivity index (χ4v) is 3.42. The average molecular weight is 302 g/mol. The summed E-state index contributed by atoms with van der Waals surface area (Å²) in [6, 6.07) is 9.40. The highest BCUT2D eigenvalue weighted by molar-refractivity contribution is 7.92. The summed E-state index contributed by atoms with van der Waals surface area (Å²) in [7, 11) is -3.69. The summed E-state index contributed by atoms with van der Waals surface area (Å²) in [6.45, 7) is 0. The van der Waals surface area contributed by atoms with E-state index in [0.717, 1.165) is 11.3 Å². The number of thiophene rings is 1. The highest BCUT2D eigenvalue weighted by Gasteiger charge is 2.18. The molecule has 1 heterocycles. The minimum Gasteiger partial charge on any atom is -0.278 e. The summed E-state index contributed by atoms with van der Waals surface area (Å²) in [4.78, 5) is 11.4. The molecule has 1 N–H and O–H groups in total. The molecule has 2 aromatic rings. The predicted molar refractivity (Wildman–Crippen MR) is 71.8 cm³/mol. The van der Waals surface area contributed by atoms with Crippen LogP contribution in [0.3, 0.4) is 0 Å². The molecule has 4 nitrogen and oxygen atoms in total. The normalized spacial score (nSPS) is 11.2. The zero-order valence-electron chi connectivity index (χ0n) is 8.96. The first-order chi connectivity index (χ1) is 8.50. The quantitative estimate of drug-likeness (QED) is 0.883. The molecular weight excluding hydrogens is 294 g/mol. The number of benzene rings is 1. The number of hydrogen-bond acceptors (Lipinski definition) is 4. The van der Waals surface area contributed by atoms with E-state index in [1.54, 1.807) is 23.6 Å². The highest BCUT2D eigenvalue weighted by Crippen LogP contribution is 2.26. The van der Waals surface area contributed by atoms with Crippen molar-refractivity contribution in [3.63, 3.8) is 0 Å². The summed E-state index contributed by atoms with van der Waals surface area (Å²) in [5.74, 6) is 0. The standard InChI is InChI=1S/C11H8ClNO3S2/c12-11(14)10-9(6-7-17-10)13-18(15,16)8-4-2-1-3-5-8/h1-7,13H. The third-order valence-corrected chi connectivity index (χ3v) is 4.74. The van der Waals surface area contributed by atoms with Gasteiger partial charge in [0.15, 0.2) is 0 Å². The van der Waals surface area contributed by atoms with Gasteiger partial charge < -0.3 is 0 Å². The molecule has 0 spiro atoms. The number of carbonyl (C=O) groups excluding carboxylic acids is 1. The molecule has 1 aromatic carbocycles. The van der Waals surface area contributed by atoms with Crippen LogP contribution in [-0.4, -0.2) is 13.7 Å². The fourth-order valence-electron chi connectivity index (χ4n) is 1.35. The van der Waals surface area contributed by atoms with Gasteiger partial charge in [-0.3, -0.25) is 9.52 Å². The van der Waals surface area contributed by atoms with Crippen molar-refractivity contribution in [3.8, 4) is 0 Å². The van der Waals surface area contributed by atoms with E-state index in [0.29, 0.717) is 0 Å². The molecule has 0 fully saturated rings. The van der Waals surface area contributed by atoms with Gasteiger partial charge in [-0.15, -0.1) is 11.3 Å². The lowest BCUT2D eigenvalue weighted by molar-refractivity contribution is 0.108. The molecule has 0 saturated heterocycles. The van der Waals surface area contributed by atoms with Crippen LogP contribution in [0.5, 0.6) is 0 Å². The van der Waals surface area contributed by atoms with Crippen LogP contribution < -0.4 is 4.72 Å². The SMILES string of the molecule is O=C(Cl)c1sccc1NS(=O)(=O)c1ccccc1. The van der Waals surface area contributed by atoms with Gasteiger partial charge in [-0.05, 0) is 35.2 Å². The number of nitrogens with one attached hydrogen (secondary N) is 1. The number of anilines is 1. The molecule has 0 unspecified atom stereocenters. The van der Waals surface area contributed by atoms with Crippen LogP contribution in [0.25, 0.3) is 0 Å². The molecule has 7 heteroatoms. The van der Waals surface area contributed by atoms with Crippen LogP contribution in [0.15, 0.2) is 46.7 Å². The Morgan fingerprint density at radius 1 is 1.17 bits per heavy atom. The lowest BCUT2D eigenvalue weighted by atomic mass is 10.4. The molecule has 1 aromatic heterocycles. The van der Waals surface area contributed by atoms with Gasteiger partial charge in [0.2, 0.25) is 0 Å². The second-order valence-electron chi connectivity index (χ2n) is 3.36. The highest BCUT2D eigenvalue weighted by atomic mass is 35.5. The third kappa shape index (κ3) is 2.72. The van der Waals surface area contributed by atoms with E-state index in [9.17, 15) is 13.2 Å². The molecule has 0 aliphatic rings. The van der Waals surface area contributed by atoms with Crippen molar-refractivity contribution in [1.82, 2.24) is 0 Å². The van der Waals surface area contributed by atoms with E-state index in [1.807, 2.05) is 0 Å². The molecule has 18 heavy (non-hydrogen) atoms. The van der Waals surface area contributed by atoms with E-state index >= 15 is 0 Å². The van der Waals surface area contributed by atoms with Gasteiger partial charge in [-0.1, -0.05) is 18.2 Å². The Bertz CT molecular complexity index is 665. The Hall–Kier alpha value is -1.37. The Morgan fingerprint density at radius 2 is 1.83 bits per heavy atom. The third-order valence-electron chi connectivity index (χ3n) is 2.14. The largest absolute Gasteiger partial charge is 0.278 e. The second kappa shape index (κ2) is 5.09. The van der Waals surface area contributed by atoms with Crippen molar-refractivity contribution in [2.45, 2.75) is 4.90 Å². The monoisotopic (exact) mass is 301 g/mol. The van der Waals surface area contributed by atoms with Gasteiger partial charge in [0, 0.05) is 0 Å². The van der Waals surface area contributed by atoms with Crippen molar-refractivity contribution in [2.75, 3.05) is 4.72 Å². The molecule has 0 amide bonds. The number of halogens is 1. The average Bonchev–Trinajstić information content (AvgIpc) is 2.78. The van der Waals surface area contributed by atoms with Crippen molar-refractivity contribution >= 4 is 43.9 Å². The minimum absolute atomic E-state index is 0.129. The summed E-state index contributed by atoms with van der Waals surface area (Å²) in [5, 5.41) is 0.911. The first-order valence-corrected chi connectivity index (χ1v) is 7.60. The van der Waals surface area contributed by atoms with Crippen LogP contribution in [0, 0.1) is 0 Å². The van der Waals surface area contributed by atoms with Gasteiger partial charge in [0.05, 0.1) is 10.6 Å². The Morgan fingerprint density at radius 3 is 2.44 bits per heavy atom. The molecule has 0 aliphatic carbocycles. The van der Waals surface area contributed by atoms with E-state index in [-0.39, 0.29) is 15.5 Å². The molecule has 0 saturated carbocycles. The maximum absolute atomic E-state index is 12.0. The molecule has 0 bridgehead atoms. The van der Waals surface area contributed by atoms with Gasteiger partial charge >= 0.3 is 0 Å².